The SMILES string of the molecule is CCNCc1ncn(Cc2cccc(F)c2Cl)n1. The van der Waals surface area contributed by atoms with Gasteiger partial charge in [0.1, 0.15) is 12.1 Å². The molecule has 0 fully saturated rings. The van der Waals surface area contributed by atoms with Gasteiger partial charge in [0, 0.05) is 0 Å². The molecule has 0 atom stereocenters. The second-order valence-corrected chi connectivity index (χ2v) is 4.23. The Bertz CT molecular complexity index is 527. The molecule has 18 heavy (non-hydrogen) atoms. The van der Waals surface area contributed by atoms with Gasteiger partial charge in [0.25, 0.3) is 0 Å². The van der Waals surface area contributed by atoms with Crippen LogP contribution in [0.2, 0.25) is 5.02 Å². The zero-order chi connectivity index (χ0) is 13.0. The van der Waals surface area contributed by atoms with Crippen molar-refractivity contribution in [1.82, 2.24) is 20.1 Å². The maximum Gasteiger partial charge on any atom is 0.164 e. The summed E-state index contributed by atoms with van der Waals surface area (Å²) in [5.74, 6) is 0.298. The summed E-state index contributed by atoms with van der Waals surface area (Å²) in [5, 5.41) is 7.55. The van der Waals surface area contributed by atoms with Crippen LogP contribution in [-0.2, 0) is 13.1 Å². The first-order valence-electron chi connectivity index (χ1n) is 5.72. The van der Waals surface area contributed by atoms with E-state index in [2.05, 4.69) is 15.4 Å². The number of benzene rings is 1. The lowest BCUT2D eigenvalue weighted by Gasteiger charge is -2.04. The summed E-state index contributed by atoms with van der Waals surface area (Å²) in [5.41, 5.74) is 0.691. The third-order valence-corrected chi connectivity index (χ3v) is 2.90. The number of hydrogen-bond donors (Lipinski definition) is 1. The molecule has 1 aromatic heterocycles. The molecule has 0 aliphatic heterocycles. The summed E-state index contributed by atoms with van der Waals surface area (Å²) in [6.45, 7) is 3.92. The zero-order valence-corrected chi connectivity index (χ0v) is 10.8. The minimum atomic E-state index is -0.415. The van der Waals surface area contributed by atoms with E-state index in [1.165, 1.54) is 6.07 Å². The molecular formula is C12H14ClFN4. The van der Waals surface area contributed by atoms with Gasteiger partial charge < -0.3 is 5.32 Å². The van der Waals surface area contributed by atoms with E-state index in [0.717, 1.165) is 6.54 Å². The van der Waals surface area contributed by atoms with Crippen molar-refractivity contribution in [2.45, 2.75) is 20.0 Å². The maximum absolute atomic E-state index is 13.3. The topological polar surface area (TPSA) is 42.7 Å². The van der Waals surface area contributed by atoms with E-state index >= 15 is 0 Å². The highest BCUT2D eigenvalue weighted by molar-refractivity contribution is 6.31. The molecule has 0 aliphatic rings. The summed E-state index contributed by atoms with van der Waals surface area (Å²) in [6.07, 6.45) is 1.62. The number of hydrogen-bond acceptors (Lipinski definition) is 3. The largest absolute Gasteiger partial charge is 0.310 e. The molecule has 0 bridgehead atoms. The molecule has 1 aromatic carbocycles. The smallest absolute Gasteiger partial charge is 0.164 e. The molecule has 0 amide bonds. The van der Waals surface area contributed by atoms with Crippen LogP contribution < -0.4 is 5.32 Å². The average Bonchev–Trinajstić information content (AvgIpc) is 2.80. The zero-order valence-electron chi connectivity index (χ0n) is 10.0. The minimum absolute atomic E-state index is 0.140. The fourth-order valence-corrected chi connectivity index (χ4v) is 1.76. The van der Waals surface area contributed by atoms with E-state index in [-0.39, 0.29) is 5.02 Å². The fourth-order valence-electron chi connectivity index (χ4n) is 1.57. The van der Waals surface area contributed by atoms with Crippen LogP contribution >= 0.6 is 11.6 Å². The van der Waals surface area contributed by atoms with Crippen molar-refractivity contribution in [3.63, 3.8) is 0 Å². The van der Waals surface area contributed by atoms with Crippen LogP contribution in [0.1, 0.15) is 18.3 Å². The second-order valence-electron chi connectivity index (χ2n) is 3.85. The average molecular weight is 269 g/mol. The Morgan fingerprint density at radius 3 is 3.06 bits per heavy atom. The number of rotatable bonds is 5. The lowest BCUT2D eigenvalue weighted by Crippen LogP contribution is -2.13. The summed E-state index contributed by atoms with van der Waals surface area (Å²) in [4.78, 5) is 4.15. The highest BCUT2D eigenvalue weighted by Gasteiger charge is 2.07. The van der Waals surface area contributed by atoms with Gasteiger partial charge in [0.2, 0.25) is 0 Å². The molecular weight excluding hydrogens is 255 g/mol. The molecule has 0 spiro atoms. The Morgan fingerprint density at radius 2 is 2.28 bits per heavy atom. The van der Waals surface area contributed by atoms with E-state index in [0.29, 0.717) is 24.5 Å². The van der Waals surface area contributed by atoms with Crippen molar-refractivity contribution in [3.8, 4) is 0 Å². The van der Waals surface area contributed by atoms with E-state index in [9.17, 15) is 4.39 Å². The first-order valence-corrected chi connectivity index (χ1v) is 6.10. The number of nitrogens with one attached hydrogen (secondary N) is 1. The Kier molecular flexibility index (Phi) is 4.28. The quantitative estimate of drug-likeness (QED) is 0.904. The van der Waals surface area contributed by atoms with Gasteiger partial charge in [-0.15, -0.1) is 0 Å². The summed E-state index contributed by atoms with van der Waals surface area (Å²) in [7, 11) is 0. The molecule has 96 valence electrons. The summed E-state index contributed by atoms with van der Waals surface area (Å²) >= 11 is 5.88. The molecule has 0 saturated heterocycles. The second kappa shape index (κ2) is 5.93. The highest BCUT2D eigenvalue weighted by atomic mass is 35.5. The van der Waals surface area contributed by atoms with Gasteiger partial charge in [0.15, 0.2) is 5.82 Å². The van der Waals surface area contributed by atoms with Gasteiger partial charge in [-0.1, -0.05) is 30.7 Å². The van der Waals surface area contributed by atoms with E-state index in [1.807, 2.05) is 6.92 Å². The third kappa shape index (κ3) is 3.05. The van der Waals surface area contributed by atoms with Gasteiger partial charge in [-0.25, -0.2) is 14.1 Å². The van der Waals surface area contributed by atoms with Gasteiger partial charge in [0.05, 0.1) is 18.1 Å². The predicted molar refractivity (Wildman–Crippen MR) is 67.9 cm³/mol. The molecule has 1 N–H and O–H groups in total. The Morgan fingerprint density at radius 1 is 1.44 bits per heavy atom. The Labute approximate surface area is 110 Å². The molecule has 1 heterocycles. The van der Waals surface area contributed by atoms with E-state index in [1.54, 1.807) is 23.1 Å². The van der Waals surface area contributed by atoms with E-state index in [4.69, 9.17) is 11.6 Å². The third-order valence-electron chi connectivity index (χ3n) is 2.48. The minimum Gasteiger partial charge on any atom is -0.310 e. The molecule has 0 saturated carbocycles. The summed E-state index contributed by atoms with van der Waals surface area (Å²) < 4.78 is 14.9. The molecule has 6 heteroatoms. The van der Waals surface area contributed by atoms with Crippen LogP contribution in [0.3, 0.4) is 0 Å². The van der Waals surface area contributed by atoms with Gasteiger partial charge in [-0.3, -0.25) is 0 Å². The van der Waals surface area contributed by atoms with Crippen molar-refractivity contribution in [1.29, 1.82) is 0 Å². The standard InChI is InChI=1S/C12H14ClFN4/c1-2-15-6-11-16-8-18(17-11)7-9-4-3-5-10(14)12(9)13/h3-5,8,15H,2,6-7H2,1H3. The van der Waals surface area contributed by atoms with Gasteiger partial charge in [-0.2, -0.15) is 5.10 Å². The molecule has 2 aromatic rings. The van der Waals surface area contributed by atoms with Crippen molar-refractivity contribution < 1.29 is 4.39 Å². The van der Waals surface area contributed by atoms with Crippen molar-refractivity contribution in [3.05, 3.63) is 46.8 Å². The number of halogens is 2. The van der Waals surface area contributed by atoms with E-state index < -0.39 is 5.82 Å². The van der Waals surface area contributed by atoms with Crippen molar-refractivity contribution >= 4 is 11.6 Å². The maximum atomic E-state index is 13.3. The molecule has 0 aliphatic carbocycles. The van der Waals surface area contributed by atoms with Crippen molar-refractivity contribution in [2.75, 3.05) is 6.54 Å². The monoisotopic (exact) mass is 268 g/mol. The number of nitrogens with zero attached hydrogens (tertiary/aromatic N) is 3. The van der Waals surface area contributed by atoms with Crippen LogP contribution in [-0.4, -0.2) is 21.3 Å². The fraction of sp³-hybridized carbons (Fsp3) is 0.333. The van der Waals surface area contributed by atoms with Crippen LogP contribution in [0, 0.1) is 5.82 Å². The van der Waals surface area contributed by atoms with Crippen LogP contribution in [0.25, 0.3) is 0 Å². The normalized spacial score (nSPS) is 10.8. The summed E-state index contributed by atoms with van der Waals surface area (Å²) in [6, 6.07) is 4.74. The van der Waals surface area contributed by atoms with Crippen molar-refractivity contribution in [2.24, 2.45) is 0 Å². The lowest BCUT2D eigenvalue weighted by atomic mass is 10.2. The predicted octanol–water partition coefficient (Wildman–Crippen LogP) is 2.23. The first kappa shape index (κ1) is 13.0. The van der Waals surface area contributed by atoms with Crippen LogP contribution in [0.5, 0.6) is 0 Å². The molecule has 0 radical (unpaired) electrons. The number of aromatic nitrogens is 3. The van der Waals surface area contributed by atoms with Crippen LogP contribution in [0.4, 0.5) is 4.39 Å². The first-order chi connectivity index (χ1) is 8.70. The Balaban J connectivity index is 2.09. The lowest BCUT2D eigenvalue weighted by molar-refractivity contribution is 0.615. The molecule has 4 nitrogen and oxygen atoms in total. The Hall–Kier alpha value is -1.46. The van der Waals surface area contributed by atoms with Gasteiger partial charge >= 0.3 is 0 Å². The van der Waals surface area contributed by atoms with Crippen LogP contribution in [0.15, 0.2) is 24.5 Å². The highest BCUT2D eigenvalue weighted by Crippen LogP contribution is 2.20. The molecule has 2 rings (SSSR count). The molecule has 0 unspecified atom stereocenters. The van der Waals surface area contributed by atoms with Gasteiger partial charge in [-0.05, 0) is 18.2 Å².